The fraction of sp³-hybridized carbons (Fsp3) is 0.125. The standard InChI is InChI=1S/C16H15N3O2/c1-12-5-2-3-6-13(12)10-19-11-14(9-17-19)18-16(20)15-7-4-8-21-15/h2-9,11H,10H2,1H3,(H,18,20). The maximum absolute atomic E-state index is 11.9. The Bertz CT molecular complexity index is 744. The number of benzene rings is 1. The molecule has 0 aliphatic rings. The number of rotatable bonds is 4. The molecule has 2 aromatic heterocycles. The Hall–Kier alpha value is -2.82. The van der Waals surface area contributed by atoms with Crippen molar-refractivity contribution in [1.29, 1.82) is 0 Å². The first kappa shape index (κ1) is 13.2. The molecule has 1 N–H and O–H groups in total. The molecule has 3 aromatic rings. The van der Waals surface area contributed by atoms with Gasteiger partial charge in [-0.1, -0.05) is 24.3 Å². The van der Waals surface area contributed by atoms with E-state index in [1.165, 1.54) is 17.4 Å². The predicted octanol–water partition coefficient (Wildman–Crippen LogP) is 3.09. The molecule has 0 saturated heterocycles. The van der Waals surface area contributed by atoms with Crippen molar-refractivity contribution in [1.82, 2.24) is 9.78 Å². The van der Waals surface area contributed by atoms with Gasteiger partial charge in [0.15, 0.2) is 5.76 Å². The molecule has 0 aliphatic heterocycles. The fourth-order valence-corrected chi connectivity index (χ4v) is 2.08. The number of hydrogen-bond donors (Lipinski definition) is 1. The second-order valence-corrected chi connectivity index (χ2v) is 4.78. The molecular weight excluding hydrogens is 266 g/mol. The van der Waals surface area contributed by atoms with Crippen LogP contribution in [0.2, 0.25) is 0 Å². The highest BCUT2D eigenvalue weighted by Crippen LogP contribution is 2.12. The van der Waals surface area contributed by atoms with Crippen molar-refractivity contribution >= 4 is 11.6 Å². The second kappa shape index (κ2) is 5.66. The predicted molar refractivity (Wildman–Crippen MR) is 79.2 cm³/mol. The largest absolute Gasteiger partial charge is 0.459 e. The molecule has 5 nitrogen and oxygen atoms in total. The van der Waals surface area contributed by atoms with Crippen molar-refractivity contribution in [2.75, 3.05) is 5.32 Å². The minimum Gasteiger partial charge on any atom is -0.459 e. The van der Waals surface area contributed by atoms with Crippen LogP contribution >= 0.6 is 0 Å². The molecule has 5 heteroatoms. The maximum atomic E-state index is 11.9. The van der Waals surface area contributed by atoms with E-state index in [1.54, 1.807) is 29.2 Å². The molecule has 0 unspecified atom stereocenters. The molecule has 0 radical (unpaired) electrons. The number of carbonyl (C=O) groups excluding carboxylic acids is 1. The summed E-state index contributed by atoms with van der Waals surface area (Å²) < 4.78 is 6.84. The molecule has 1 amide bonds. The average Bonchev–Trinajstić information content (AvgIpc) is 3.13. The van der Waals surface area contributed by atoms with Crippen molar-refractivity contribution in [2.24, 2.45) is 0 Å². The highest BCUT2D eigenvalue weighted by atomic mass is 16.3. The molecule has 21 heavy (non-hydrogen) atoms. The summed E-state index contributed by atoms with van der Waals surface area (Å²) in [5, 5.41) is 7.01. The number of nitrogens with one attached hydrogen (secondary N) is 1. The smallest absolute Gasteiger partial charge is 0.291 e. The van der Waals surface area contributed by atoms with E-state index in [4.69, 9.17) is 4.42 Å². The third-order valence-electron chi connectivity index (χ3n) is 3.23. The van der Waals surface area contributed by atoms with E-state index in [0.717, 1.165) is 0 Å². The lowest BCUT2D eigenvalue weighted by Crippen LogP contribution is -2.10. The Morgan fingerprint density at radius 1 is 1.29 bits per heavy atom. The fourth-order valence-electron chi connectivity index (χ4n) is 2.08. The van der Waals surface area contributed by atoms with Crippen molar-refractivity contribution in [3.8, 4) is 0 Å². The third-order valence-corrected chi connectivity index (χ3v) is 3.23. The second-order valence-electron chi connectivity index (χ2n) is 4.78. The van der Waals surface area contributed by atoms with Gasteiger partial charge in [0.05, 0.1) is 24.7 Å². The molecule has 1 aromatic carbocycles. The lowest BCUT2D eigenvalue weighted by Gasteiger charge is -2.05. The quantitative estimate of drug-likeness (QED) is 0.799. The van der Waals surface area contributed by atoms with Gasteiger partial charge in [-0.25, -0.2) is 0 Å². The van der Waals surface area contributed by atoms with E-state index in [0.29, 0.717) is 12.2 Å². The summed E-state index contributed by atoms with van der Waals surface area (Å²) >= 11 is 0. The SMILES string of the molecule is Cc1ccccc1Cn1cc(NC(=O)c2ccco2)cn1. The van der Waals surface area contributed by atoms with Crippen LogP contribution in [0.1, 0.15) is 21.7 Å². The molecule has 3 rings (SSSR count). The van der Waals surface area contributed by atoms with Gasteiger partial charge in [0.1, 0.15) is 0 Å². The molecule has 2 heterocycles. The van der Waals surface area contributed by atoms with Gasteiger partial charge in [0.2, 0.25) is 0 Å². The Morgan fingerprint density at radius 2 is 2.14 bits per heavy atom. The van der Waals surface area contributed by atoms with Crippen molar-refractivity contribution in [2.45, 2.75) is 13.5 Å². The summed E-state index contributed by atoms with van der Waals surface area (Å²) in [6.45, 7) is 2.74. The van der Waals surface area contributed by atoms with Gasteiger partial charge >= 0.3 is 0 Å². The van der Waals surface area contributed by atoms with Gasteiger partial charge in [-0.2, -0.15) is 5.10 Å². The number of carbonyl (C=O) groups is 1. The Kier molecular flexibility index (Phi) is 3.55. The minimum absolute atomic E-state index is 0.279. The molecule has 106 valence electrons. The number of anilines is 1. The molecule has 0 bridgehead atoms. The van der Waals surface area contributed by atoms with E-state index in [1.807, 2.05) is 12.1 Å². The van der Waals surface area contributed by atoms with Crippen molar-refractivity contribution < 1.29 is 9.21 Å². The number of nitrogens with zero attached hydrogens (tertiary/aromatic N) is 2. The number of amides is 1. The van der Waals surface area contributed by atoms with Crippen LogP contribution in [-0.2, 0) is 6.54 Å². The highest BCUT2D eigenvalue weighted by Gasteiger charge is 2.10. The van der Waals surface area contributed by atoms with Gasteiger partial charge in [-0.15, -0.1) is 0 Å². The van der Waals surface area contributed by atoms with Crippen molar-refractivity contribution in [3.05, 3.63) is 71.9 Å². The van der Waals surface area contributed by atoms with Crippen LogP contribution < -0.4 is 5.32 Å². The summed E-state index contributed by atoms with van der Waals surface area (Å²) in [6.07, 6.45) is 4.89. The zero-order valence-corrected chi connectivity index (χ0v) is 11.6. The van der Waals surface area contributed by atoms with Crippen LogP contribution in [0, 0.1) is 6.92 Å². The Morgan fingerprint density at radius 3 is 2.90 bits per heavy atom. The van der Waals surface area contributed by atoms with E-state index in [9.17, 15) is 4.79 Å². The van der Waals surface area contributed by atoms with E-state index >= 15 is 0 Å². The van der Waals surface area contributed by atoms with E-state index in [2.05, 4.69) is 29.5 Å². The number of aryl methyl sites for hydroxylation is 1. The van der Waals surface area contributed by atoms with Crippen LogP contribution in [0.25, 0.3) is 0 Å². The third kappa shape index (κ3) is 3.02. The normalized spacial score (nSPS) is 10.5. The van der Waals surface area contributed by atoms with E-state index in [-0.39, 0.29) is 11.7 Å². The summed E-state index contributed by atoms with van der Waals surface area (Å²) in [7, 11) is 0. The van der Waals surface area contributed by atoms with Gasteiger partial charge in [-0.3, -0.25) is 9.48 Å². The van der Waals surface area contributed by atoms with Crippen molar-refractivity contribution in [3.63, 3.8) is 0 Å². The number of furan rings is 1. The zero-order valence-electron chi connectivity index (χ0n) is 11.6. The zero-order chi connectivity index (χ0) is 14.7. The Balaban J connectivity index is 1.69. The van der Waals surface area contributed by atoms with Gasteiger partial charge in [-0.05, 0) is 30.2 Å². The van der Waals surface area contributed by atoms with Gasteiger partial charge in [0.25, 0.3) is 5.91 Å². The lowest BCUT2D eigenvalue weighted by molar-refractivity contribution is 0.0996. The first-order valence-electron chi connectivity index (χ1n) is 6.64. The molecule has 0 atom stereocenters. The van der Waals surface area contributed by atoms with Crippen LogP contribution in [-0.4, -0.2) is 15.7 Å². The average molecular weight is 281 g/mol. The first-order chi connectivity index (χ1) is 10.2. The number of aromatic nitrogens is 2. The van der Waals surface area contributed by atoms with Gasteiger partial charge < -0.3 is 9.73 Å². The topological polar surface area (TPSA) is 60.1 Å². The molecular formula is C16H15N3O2. The maximum Gasteiger partial charge on any atom is 0.291 e. The summed E-state index contributed by atoms with van der Waals surface area (Å²) in [5.74, 6) is -0.00269. The lowest BCUT2D eigenvalue weighted by atomic mass is 10.1. The summed E-state index contributed by atoms with van der Waals surface area (Å²) in [5.41, 5.74) is 3.06. The monoisotopic (exact) mass is 281 g/mol. The molecule has 0 aliphatic carbocycles. The summed E-state index contributed by atoms with van der Waals surface area (Å²) in [4.78, 5) is 11.9. The number of hydrogen-bond acceptors (Lipinski definition) is 3. The van der Waals surface area contributed by atoms with Crippen LogP contribution in [0.5, 0.6) is 0 Å². The van der Waals surface area contributed by atoms with Crippen LogP contribution in [0.3, 0.4) is 0 Å². The Labute approximate surface area is 122 Å². The minimum atomic E-state index is -0.282. The first-order valence-corrected chi connectivity index (χ1v) is 6.64. The highest BCUT2D eigenvalue weighted by molar-refractivity contribution is 6.02. The van der Waals surface area contributed by atoms with Gasteiger partial charge in [0, 0.05) is 6.20 Å². The summed E-state index contributed by atoms with van der Waals surface area (Å²) in [6, 6.07) is 11.4. The van der Waals surface area contributed by atoms with Crippen LogP contribution in [0.4, 0.5) is 5.69 Å². The molecule has 0 saturated carbocycles. The molecule has 0 fully saturated rings. The van der Waals surface area contributed by atoms with E-state index < -0.39 is 0 Å². The molecule has 0 spiro atoms. The van der Waals surface area contributed by atoms with Crippen LogP contribution in [0.15, 0.2) is 59.5 Å².